The van der Waals surface area contributed by atoms with E-state index >= 15 is 0 Å². The van der Waals surface area contributed by atoms with Gasteiger partial charge in [0.15, 0.2) is 0 Å². The lowest BCUT2D eigenvalue weighted by Gasteiger charge is -2.36. The number of halogens is 2. The summed E-state index contributed by atoms with van der Waals surface area (Å²) in [6, 6.07) is -0.539. The van der Waals surface area contributed by atoms with E-state index in [4.69, 9.17) is 0 Å². The highest BCUT2D eigenvalue weighted by atomic mass is 19.3. The van der Waals surface area contributed by atoms with Crippen LogP contribution < -0.4 is 5.32 Å². The van der Waals surface area contributed by atoms with Gasteiger partial charge in [0.1, 0.15) is 0 Å². The Morgan fingerprint density at radius 3 is 2.44 bits per heavy atom. The molecule has 0 saturated heterocycles. The highest BCUT2D eigenvalue weighted by molar-refractivity contribution is 4.93. The molecule has 9 heavy (non-hydrogen) atoms. The molecule has 1 nitrogen and oxygen atoms in total. The van der Waals surface area contributed by atoms with Crippen LogP contribution in [0.3, 0.4) is 0 Å². The second kappa shape index (κ2) is 2.21. The van der Waals surface area contributed by atoms with Crippen LogP contribution in [0, 0.1) is 0 Å². The first-order chi connectivity index (χ1) is 4.17. The predicted molar refractivity (Wildman–Crippen MR) is 31.6 cm³/mol. The third-order valence-corrected chi connectivity index (χ3v) is 1.73. The van der Waals surface area contributed by atoms with Crippen molar-refractivity contribution in [2.45, 2.75) is 31.7 Å². The highest BCUT2D eigenvalue weighted by Crippen LogP contribution is 2.37. The highest BCUT2D eigenvalue weighted by Gasteiger charge is 2.47. The zero-order chi connectivity index (χ0) is 6.91. The molecule has 1 N–H and O–H groups in total. The minimum atomic E-state index is -2.42. The third-order valence-electron chi connectivity index (χ3n) is 1.73. The quantitative estimate of drug-likeness (QED) is 0.603. The maximum atomic E-state index is 12.3. The molecular weight excluding hydrogens is 124 g/mol. The van der Waals surface area contributed by atoms with Crippen molar-refractivity contribution in [1.29, 1.82) is 0 Å². The second-order valence-corrected chi connectivity index (χ2v) is 2.41. The van der Waals surface area contributed by atoms with E-state index in [1.165, 1.54) is 0 Å². The molecule has 0 spiro atoms. The molecule has 0 heterocycles. The Hall–Kier alpha value is -0.180. The Labute approximate surface area is 53.4 Å². The molecule has 1 rings (SSSR count). The van der Waals surface area contributed by atoms with E-state index in [0.29, 0.717) is 13.0 Å². The molecule has 0 radical (unpaired) electrons. The van der Waals surface area contributed by atoms with Crippen molar-refractivity contribution in [2.24, 2.45) is 0 Å². The maximum absolute atomic E-state index is 12.3. The molecule has 0 aromatic heterocycles. The van der Waals surface area contributed by atoms with Crippen LogP contribution in [-0.2, 0) is 0 Å². The monoisotopic (exact) mass is 135 g/mol. The van der Waals surface area contributed by atoms with E-state index in [2.05, 4.69) is 5.32 Å². The molecular formula is C6H11F2N. The molecule has 3 heteroatoms. The number of nitrogens with one attached hydrogen (secondary N) is 1. The van der Waals surface area contributed by atoms with Crippen LogP contribution in [0.25, 0.3) is 0 Å². The van der Waals surface area contributed by atoms with Crippen LogP contribution in [0.1, 0.15) is 19.8 Å². The number of alkyl halides is 2. The second-order valence-electron chi connectivity index (χ2n) is 2.41. The van der Waals surface area contributed by atoms with Gasteiger partial charge in [-0.25, -0.2) is 8.78 Å². The van der Waals surface area contributed by atoms with Crippen molar-refractivity contribution in [3.8, 4) is 0 Å². The Morgan fingerprint density at radius 1 is 1.67 bits per heavy atom. The van der Waals surface area contributed by atoms with E-state index in [9.17, 15) is 8.78 Å². The van der Waals surface area contributed by atoms with Crippen molar-refractivity contribution in [3.05, 3.63) is 0 Å². The average molecular weight is 135 g/mol. The molecule has 0 amide bonds. The molecule has 1 aliphatic rings. The third kappa shape index (κ3) is 1.21. The van der Waals surface area contributed by atoms with Gasteiger partial charge in [0.05, 0.1) is 6.04 Å². The summed E-state index contributed by atoms with van der Waals surface area (Å²) in [6.45, 7) is 2.48. The molecule has 0 aromatic rings. The van der Waals surface area contributed by atoms with Crippen LogP contribution in [-0.4, -0.2) is 18.5 Å². The first-order valence-electron chi connectivity index (χ1n) is 3.28. The molecule has 1 aliphatic carbocycles. The van der Waals surface area contributed by atoms with Gasteiger partial charge in [-0.1, -0.05) is 6.92 Å². The number of hydrogen-bond donors (Lipinski definition) is 1. The lowest BCUT2D eigenvalue weighted by Crippen LogP contribution is -2.53. The lowest BCUT2D eigenvalue weighted by atomic mass is 9.88. The van der Waals surface area contributed by atoms with Gasteiger partial charge in [-0.3, -0.25) is 0 Å². The zero-order valence-electron chi connectivity index (χ0n) is 5.45. The normalized spacial score (nSPS) is 31.7. The Balaban J connectivity index is 2.28. The van der Waals surface area contributed by atoms with Gasteiger partial charge in [0.25, 0.3) is 5.92 Å². The Morgan fingerprint density at radius 2 is 2.33 bits per heavy atom. The molecule has 1 saturated carbocycles. The van der Waals surface area contributed by atoms with Gasteiger partial charge < -0.3 is 5.32 Å². The van der Waals surface area contributed by atoms with Crippen LogP contribution in [0.2, 0.25) is 0 Å². The first kappa shape index (κ1) is 6.93. The van der Waals surface area contributed by atoms with Crippen LogP contribution in [0.15, 0.2) is 0 Å². The smallest absolute Gasteiger partial charge is 0.263 e. The van der Waals surface area contributed by atoms with Gasteiger partial charge in [-0.2, -0.15) is 0 Å². The fourth-order valence-corrected chi connectivity index (χ4v) is 1.00. The summed E-state index contributed by atoms with van der Waals surface area (Å²) in [7, 11) is 0. The lowest BCUT2D eigenvalue weighted by molar-refractivity contribution is -0.105. The summed E-state index contributed by atoms with van der Waals surface area (Å²) in [6.07, 6.45) is 0.686. The van der Waals surface area contributed by atoms with Crippen molar-refractivity contribution in [3.63, 3.8) is 0 Å². The minimum absolute atomic E-state index is 0.0602. The predicted octanol–water partition coefficient (Wildman–Crippen LogP) is 1.39. The fraction of sp³-hybridized carbons (Fsp3) is 1.00. The zero-order valence-corrected chi connectivity index (χ0v) is 5.45. The first-order valence-corrected chi connectivity index (χ1v) is 3.28. The molecule has 1 fully saturated rings. The summed E-state index contributed by atoms with van der Waals surface area (Å²) >= 11 is 0. The number of hydrogen-bond acceptors (Lipinski definition) is 1. The van der Waals surface area contributed by atoms with Crippen molar-refractivity contribution in [2.75, 3.05) is 6.54 Å². The van der Waals surface area contributed by atoms with Crippen molar-refractivity contribution in [1.82, 2.24) is 5.32 Å². The summed E-state index contributed by atoms with van der Waals surface area (Å²) in [5.41, 5.74) is 0. The van der Waals surface area contributed by atoms with E-state index in [1.807, 2.05) is 6.92 Å². The Bertz CT molecular complexity index is 103. The maximum Gasteiger partial charge on any atom is 0.263 e. The SMILES string of the molecule is CCN[C@@H]1CCC1(F)F. The average Bonchev–Trinajstić information content (AvgIpc) is 1.81. The molecule has 54 valence electrons. The van der Waals surface area contributed by atoms with Gasteiger partial charge in [-0.05, 0) is 13.0 Å². The standard InChI is InChI=1S/C6H11F2N/c1-2-9-5-3-4-6(5,7)8/h5,9H,2-4H2,1H3/t5-/m1/s1. The molecule has 0 aromatic carbocycles. The molecule has 1 atom stereocenters. The van der Waals surface area contributed by atoms with Crippen LogP contribution >= 0.6 is 0 Å². The van der Waals surface area contributed by atoms with E-state index in [-0.39, 0.29) is 6.42 Å². The van der Waals surface area contributed by atoms with Gasteiger partial charge in [-0.15, -0.1) is 0 Å². The van der Waals surface area contributed by atoms with Gasteiger partial charge in [0.2, 0.25) is 0 Å². The summed E-state index contributed by atoms with van der Waals surface area (Å²) in [5, 5.41) is 2.72. The summed E-state index contributed by atoms with van der Waals surface area (Å²) < 4.78 is 24.7. The molecule has 0 unspecified atom stereocenters. The van der Waals surface area contributed by atoms with Gasteiger partial charge in [0, 0.05) is 6.42 Å². The van der Waals surface area contributed by atoms with E-state index < -0.39 is 12.0 Å². The Kier molecular flexibility index (Phi) is 1.70. The number of rotatable bonds is 2. The van der Waals surface area contributed by atoms with E-state index in [0.717, 1.165) is 0 Å². The molecule has 0 aliphatic heterocycles. The van der Waals surface area contributed by atoms with E-state index in [1.54, 1.807) is 0 Å². The fourth-order valence-electron chi connectivity index (χ4n) is 1.00. The van der Waals surface area contributed by atoms with Crippen molar-refractivity contribution < 1.29 is 8.78 Å². The molecule has 0 bridgehead atoms. The summed E-state index contributed by atoms with van der Waals surface area (Å²) in [4.78, 5) is 0. The van der Waals surface area contributed by atoms with Gasteiger partial charge >= 0.3 is 0 Å². The van der Waals surface area contributed by atoms with Crippen LogP contribution in [0.4, 0.5) is 8.78 Å². The largest absolute Gasteiger partial charge is 0.309 e. The topological polar surface area (TPSA) is 12.0 Å². The van der Waals surface area contributed by atoms with Crippen molar-refractivity contribution >= 4 is 0 Å². The summed E-state index contributed by atoms with van der Waals surface area (Å²) in [5.74, 6) is -2.42. The minimum Gasteiger partial charge on any atom is -0.309 e. The van der Waals surface area contributed by atoms with Crippen LogP contribution in [0.5, 0.6) is 0 Å².